The van der Waals surface area contributed by atoms with Crippen LogP contribution in [0.25, 0.3) is 0 Å². The van der Waals surface area contributed by atoms with Gasteiger partial charge in [-0.25, -0.2) is 4.98 Å². The standard InChI is InChI=1S/C13H11IN2/c14-13-7-6-12(10-16-13)9-15-8-11-4-2-1-3-5-11/h1-8,10H,9H2. The number of nitrogens with zero attached hydrogens (tertiary/aromatic N) is 2. The number of hydrogen-bond acceptors (Lipinski definition) is 2. The summed E-state index contributed by atoms with van der Waals surface area (Å²) in [5, 5.41) is 0. The summed E-state index contributed by atoms with van der Waals surface area (Å²) >= 11 is 2.19. The van der Waals surface area contributed by atoms with Gasteiger partial charge in [-0.15, -0.1) is 0 Å². The molecule has 0 bridgehead atoms. The average Bonchev–Trinajstić information content (AvgIpc) is 2.33. The van der Waals surface area contributed by atoms with Gasteiger partial charge in [-0.3, -0.25) is 4.99 Å². The molecule has 0 saturated heterocycles. The Morgan fingerprint density at radius 3 is 2.62 bits per heavy atom. The Balaban J connectivity index is 1.97. The maximum atomic E-state index is 4.37. The lowest BCUT2D eigenvalue weighted by Gasteiger charge is -1.96. The smallest absolute Gasteiger partial charge is 0.101 e. The van der Waals surface area contributed by atoms with Crippen LogP contribution in [0, 0.1) is 3.70 Å². The Morgan fingerprint density at radius 2 is 1.94 bits per heavy atom. The normalized spacial score (nSPS) is 10.8. The van der Waals surface area contributed by atoms with Crippen LogP contribution < -0.4 is 0 Å². The van der Waals surface area contributed by atoms with Crippen LogP contribution in [-0.4, -0.2) is 11.2 Å². The van der Waals surface area contributed by atoms with Crippen molar-refractivity contribution < 1.29 is 0 Å². The number of benzene rings is 1. The number of halogens is 1. The quantitative estimate of drug-likeness (QED) is 0.483. The molecule has 1 aromatic heterocycles. The Morgan fingerprint density at radius 1 is 1.12 bits per heavy atom. The number of rotatable bonds is 3. The third-order valence-electron chi connectivity index (χ3n) is 2.10. The van der Waals surface area contributed by atoms with E-state index < -0.39 is 0 Å². The van der Waals surface area contributed by atoms with E-state index >= 15 is 0 Å². The van der Waals surface area contributed by atoms with Crippen LogP contribution in [0.3, 0.4) is 0 Å². The molecule has 2 rings (SSSR count). The van der Waals surface area contributed by atoms with Gasteiger partial charge in [0.15, 0.2) is 0 Å². The fourth-order valence-electron chi connectivity index (χ4n) is 1.30. The molecule has 3 heteroatoms. The van der Waals surface area contributed by atoms with E-state index in [1.807, 2.05) is 48.8 Å². The highest BCUT2D eigenvalue weighted by Gasteiger charge is 1.91. The molecule has 0 N–H and O–H groups in total. The molecule has 16 heavy (non-hydrogen) atoms. The van der Waals surface area contributed by atoms with E-state index in [4.69, 9.17) is 0 Å². The molecule has 1 heterocycles. The third-order valence-corrected chi connectivity index (χ3v) is 2.74. The van der Waals surface area contributed by atoms with Crippen molar-refractivity contribution in [3.05, 3.63) is 63.5 Å². The van der Waals surface area contributed by atoms with Gasteiger partial charge in [0, 0.05) is 12.4 Å². The highest BCUT2D eigenvalue weighted by molar-refractivity contribution is 14.1. The fourth-order valence-corrected chi connectivity index (χ4v) is 1.61. The van der Waals surface area contributed by atoms with Crippen molar-refractivity contribution in [1.82, 2.24) is 4.98 Å². The summed E-state index contributed by atoms with van der Waals surface area (Å²) < 4.78 is 1.01. The van der Waals surface area contributed by atoms with Crippen LogP contribution in [0.4, 0.5) is 0 Å². The Kier molecular flexibility index (Phi) is 4.04. The molecule has 0 unspecified atom stereocenters. The van der Waals surface area contributed by atoms with Gasteiger partial charge in [-0.2, -0.15) is 0 Å². The highest BCUT2D eigenvalue weighted by atomic mass is 127. The van der Waals surface area contributed by atoms with E-state index in [0.29, 0.717) is 6.54 Å². The second-order valence-electron chi connectivity index (χ2n) is 3.37. The van der Waals surface area contributed by atoms with Crippen molar-refractivity contribution in [3.63, 3.8) is 0 Å². The predicted octanol–water partition coefficient (Wildman–Crippen LogP) is 3.31. The van der Waals surface area contributed by atoms with Crippen molar-refractivity contribution >= 4 is 28.8 Å². The summed E-state index contributed by atoms with van der Waals surface area (Å²) in [4.78, 5) is 8.59. The van der Waals surface area contributed by atoms with Gasteiger partial charge >= 0.3 is 0 Å². The minimum Gasteiger partial charge on any atom is -0.288 e. The first-order valence-corrected chi connectivity index (χ1v) is 6.08. The molecule has 1 aromatic carbocycles. The summed E-state index contributed by atoms with van der Waals surface area (Å²) in [6.45, 7) is 0.679. The number of hydrogen-bond donors (Lipinski definition) is 0. The first-order valence-electron chi connectivity index (χ1n) is 5.00. The van der Waals surface area contributed by atoms with Crippen LogP contribution in [-0.2, 0) is 6.54 Å². The molecular weight excluding hydrogens is 311 g/mol. The Bertz CT molecular complexity index is 463. The molecule has 0 aliphatic rings. The predicted molar refractivity (Wildman–Crippen MR) is 74.7 cm³/mol. The molecule has 0 radical (unpaired) electrons. The molecule has 80 valence electrons. The molecule has 0 amide bonds. The van der Waals surface area contributed by atoms with Crippen molar-refractivity contribution in [1.29, 1.82) is 0 Å². The van der Waals surface area contributed by atoms with Crippen molar-refractivity contribution in [2.45, 2.75) is 6.54 Å². The third kappa shape index (κ3) is 3.41. The van der Waals surface area contributed by atoms with Crippen LogP contribution >= 0.6 is 22.6 Å². The molecule has 0 fully saturated rings. The summed E-state index contributed by atoms with van der Waals surface area (Å²) in [6, 6.07) is 14.1. The highest BCUT2D eigenvalue weighted by Crippen LogP contribution is 2.04. The summed E-state index contributed by atoms with van der Waals surface area (Å²) in [5.41, 5.74) is 2.26. The molecule has 0 aliphatic carbocycles. The first kappa shape index (κ1) is 11.3. The average molecular weight is 322 g/mol. The zero-order valence-corrected chi connectivity index (χ0v) is 10.8. The monoisotopic (exact) mass is 322 g/mol. The van der Waals surface area contributed by atoms with E-state index in [2.05, 4.69) is 38.6 Å². The van der Waals surface area contributed by atoms with E-state index in [0.717, 1.165) is 14.8 Å². The topological polar surface area (TPSA) is 25.2 Å². The minimum absolute atomic E-state index is 0.679. The van der Waals surface area contributed by atoms with Crippen molar-refractivity contribution in [2.24, 2.45) is 4.99 Å². The summed E-state index contributed by atoms with van der Waals surface area (Å²) in [5.74, 6) is 0. The molecular formula is C13H11IN2. The molecule has 2 nitrogen and oxygen atoms in total. The van der Waals surface area contributed by atoms with Crippen molar-refractivity contribution in [2.75, 3.05) is 0 Å². The molecule has 0 spiro atoms. The lowest BCUT2D eigenvalue weighted by Crippen LogP contribution is -1.87. The largest absolute Gasteiger partial charge is 0.288 e. The van der Waals surface area contributed by atoms with Gasteiger partial charge in [0.1, 0.15) is 3.70 Å². The van der Waals surface area contributed by atoms with E-state index in [1.54, 1.807) is 0 Å². The van der Waals surface area contributed by atoms with Crippen molar-refractivity contribution in [3.8, 4) is 0 Å². The number of aliphatic imine (C=N–C) groups is 1. The molecule has 0 atom stereocenters. The lowest BCUT2D eigenvalue weighted by molar-refractivity contribution is 1.05. The van der Waals surface area contributed by atoms with Crippen LogP contribution in [0.5, 0.6) is 0 Å². The van der Waals surface area contributed by atoms with E-state index in [-0.39, 0.29) is 0 Å². The maximum Gasteiger partial charge on any atom is 0.101 e. The second-order valence-corrected chi connectivity index (χ2v) is 4.47. The zero-order chi connectivity index (χ0) is 11.2. The van der Waals surface area contributed by atoms with E-state index in [9.17, 15) is 0 Å². The molecule has 0 aliphatic heterocycles. The van der Waals surface area contributed by atoms with Gasteiger partial charge < -0.3 is 0 Å². The summed E-state index contributed by atoms with van der Waals surface area (Å²) in [6.07, 6.45) is 3.75. The zero-order valence-electron chi connectivity index (χ0n) is 8.68. The Hall–Kier alpha value is -1.23. The molecule has 2 aromatic rings. The lowest BCUT2D eigenvalue weighted by atomic mass is 10.2. The van der Waals surface area contributed by atoms with E-state index in [1.165, 1.54) is 0 Å². The minimum atomic E-state index is 0.679. The van der Waals surface area contributed by atoms with Crippen LogP contribution in [0.1, 0.15) is 11.1 Å². The van der Waals surface area contributed by atoms with Crippen LogP contribution in [0.2, 0.25) is 0 Å². The SMILES string of the molecule is Ic1ccc(CN=Cc2ccccc2)cn1. The summed E-state index contributed by atoms with van der Waals surface area (Å²) in [7, 11) is 0. The Labute approximate surface area is 109 Å². The first-order chi connectivity index (χ1) is 7.84. The second kappa shape index (κ2) is 5.75. The fraction of sp³-hybridized carbons (Fsp3) is 0.0769. The van der Waals surface area contributed by atoms with Gasteiger partial charge in [0.25, 0.3) is 0 Å². The molecule has 0 saturated carbocycles. The van der Waals surface area contributed by atoms with Gasteiger partial charge in [-0.1, -0.05) is 36.4 Å². The van der Waals surface area contributed by atoms with Gasteiger partial charge in [0.2, 0.25) is 0 Å². The van der Waals surface area contributed by atoms with Crippen LogP contribution in [0.15, 0.2) is 53.7 Å². The number of aromatic nitrogens is 1. The maximum absolute atomic E-state index is 4.37. The van der Waals surface area contributed by atoms with Gasteiger partial charge in [0.05, 0.1) is 6.54 Å². The van der Waals surface area contributed by atoms with Gasteiger partial charge in [-0.05, 0) is 39.8 Å². The number of pyridine rings is 1.